The number of amidine groups is 1. The lowest BCUT2D eigenvalue weighted by molar-refractivity contribution is -0.0503. The molecule has 0 amide bonds. The Morgan fingerprint density at radius 2 is 1.87 bits per heavy atom. The van der Waals surface area contributed by atoms with Crippen LogP contribution in [-0.2, 0) is 10.3 Å². The molecule has 1 aromatic heterocycles. The predicted octanol–water partition coefficient (Wildman–Crippen LogP) is 4.26. The number of methoxy groups -OCH3 is 1. The number of nitrogens with zero attached hydrogens (tertiary/aromatic N) is 2. The van der Waals surface area contributed by atoms with Gasteiger partial charge in [-0.05, 0) is 53.4 Å². The molecular weight excluding hydrogens is 404 g/mol. The number of rotatable bonds is 6. The van der Waals surface area contributed by atoms with Crippen LogP contribution in [0.2, 0.25) is 0 Å². The number of benzene rings is 2. The number of aliphatic imine (C=N–C) groups is 1. The van der Waals surface area contributed by atoms with E-state index >= 15 is 0 Å². The van der Waals surface area contributed by atoms with Crippen molar-refractivity contribution >= 4 is 6.02 Å². The molecule has 0 spiro atoms. The van der Waals surface area contributed by atoms with E-state index in [0.29, 0.717) is 11.3 Å². The first-order chi connectivity index (χ1) is 14.9. The lowest BCUT2D eigenvalue weighted by Crippen LogP contribution is -2.27. The van der Waals surface area contributed by atoms with Gasteiger partial charge in [-0.1, -0.05) is 24.3 Å². The van der Waals surface area contributed by atoms with Crippen molar-refractivity contribution in [2.24, 2.45) is 10.7 Å². The second kappa shape index (κ2) is 8.22. The zero-order valence-corrected chi connectivity index (χ0v) is 17.0. The van der Waals surface area contributed by atoms with Gasteiger partial charge < -0.3 is 19.9 Å². The molecule has 0 fully saturated rings. The summed E-state index contributed by atoms with van der Waals surface area (Å²) in [4.78, 5) is 8.82. The monoisotopic (exact) mass is 425 g/mol. The molecule has 1 unspecified atom stereocenters. The highest BCUT2D eigenvalue weighted by atomic mass is 19.3. The second-order valence-corrected chi connectivity index (χ2v) is 7.15. The Labute approximate surface area is 178 Å². The average Bonchev–Trinajstić information content (AvgIpc) is 3.18. The van der Waals surface area contributed by atoms with Crippen LogP contribution < -0.4 is 15.2 Å². The fourth-order valence-electron chi connectivity index (χ4n) is 3.67. The lowest BCUT2D eigenvalue weighted by atomic mass is 9.82. The molecule has 4 rings (SSSR count). The van der Waals surface area contributed by atoms with Gasteiger partial charge in [0.25, 0.3) is 6.02 Å². The van der Waals surface area contributed by atoms with Crippen molar-refractivity contribution in [3.8, 4) is 22.6 Å². The van der Waals surface area contributed by atoms with Crippen molar-refractivity contribution in [3.05, 3.63) is 77.6 Å². The molecule has 0 saturated heterocycles. The fraction of sp³-hybridized carbons (Fsp3) is 0.217. The third kappa shape index (κ3) is 4.01. The molecule has 8 heteroatoms. The normalized spacial score (nSPS) is 17.9. The summed E-state index contributed by atoms with van der Waals surface area (Å²) in [7, 11) is 1.59. The molecule has 0 bridgehead atoms. The predicted molar refractivity (Wildman–Crippen MR) is 112 cm³/mol. The van der Waals surface area contributed by atoms with Crippen LogP contribution in [0, 0.1) is 6.92 Å². The van der Waals surface area contributed by atoms with E-state index in [1.54, 1.807) is 38.6 Å². The fourth-order valence-corrected chi connectivity index (χ4v) is 3.67. The molecule has 160 valence electrons. The van der Waals surface area contributed by atoms with Crippen LogP contribution in [0.1, 0.15) is 16.7 Å². The van der Waals surface area contributed by atoms with Crippen LogP contribution in [0.25, 0.3) is 11.1 Å². The van der Waals surface area contributed by atoms with Gasteiger partial charge in [-0.2, -0.15) is 8.78 Å². The van der Waals surface area contributed by atoms with Gasteiger partial charge in [0.05, 0.1) is 13.3 Å². The molecule has 2 heterocycles. The van der Waals surface area contributed by atoms with E-state index in [1.165, 1.54) is 6.07 Å². The van der Waals surface area contributed by atoms with Crippen LogP contribution >= 0.6 is 0 Å². The highest BCUT2D eigenvalue weighted by Gasteiger charge is 2.40. The maximum Gasteiger partial charge on any atom is 0.387 e. The smallest absolute Gasteiger partial charge is 0.387 e. The third-order valence-electron chi connectivity index (χ3n) is 5.22. The molecule has 0 radical (unpaired) electrons. The van der Waals surface area contributed by atoms with Crippen LogP contribution in [-0.4, -0.2) is 31.3 Å². The molecule has 2 aromatic carbocycles. The van der Waals surface area contributed by atoms with Crippen molar-refractivity contribution in [2.75, 3.05) is 13.7 Å². The molecular formula is C23H21F2N3O3. The Kier molecular flexibility index (Phi) is 5.46. The largest absolute Gasteiger partial charge is 0.495 e. The minimum Gasteiger partial charge on any atom is -0.495 e. The first kappa shape index (κ1) is 20.6. The molecule has 1 aliphatic rings. The zero-order valence-electron chi connectivity index (χ0n) is 17.0. The summed E-state index contributed by atoms with van der Waals surface area (Å²) in [6, 6.07) is 14.7. The summed E-state index contributed by atoms with van der Waals surface area (Å²) in [6.07, 6.45) is 3.38. The summed E-state index contributed by atoms with van der Waals surface area (Å²) in [5.74, 6) is 0.760. The Bertz CT molecular complexity index is 1140. The first-order valence-corrected chi connectivity index (χ1v) is 9.55. The number of alkyl halides is 2. The van der Waals surface area contributed by atoms with E-state index in [4.69, 9.17) is 15.2 Å². The maximum absolute atomic E-state index is 12.7. The SMILES string of the molecule is COc1cncc(-c2cccc(C3(c4ccc(OC(F)F)c(C)c4)COC(N)=N3)c2)c1. The summed E-state index contributed by atoms with van der Waals surface area (Å²) in [6.45, 7) is -1.00. The Hall–Kier alpha value is -3.68. The number of hydrogen-bond donors (Lipinski definition) is 1. The molecule has 2 N–H and O–H groups in total. The van der Waals surface area contributed by atoms with Gasteiger partial charge in [-0.3, -0.25) is 4.98 Å². The number of halogens is 2. The minimum absolute atomic E-state index is 0.0685. The van der Waals surface area contributed by atoms with E-state index in [2.05, 4.69) is 14.7 Å². The van der Waals surface area contributed by atoms with Crippen molar-refractivity contribution in [1.29, 1.82) is 0 Å². The number of aromatic nitrogens is 1. The van der Waals surface area contributed by atoms with Gasteiger partial charge >= 0.3 is 6.61 Å². The van der Waals surface area contributed by atoms with E-state index in [0.717, 1.165) is 22.3 Å². The summed E-state index contributed by atoms with van der Waals surface area (Å²) in [5, 5.41) is 0. The van der Waals surface area contributed by atoms with Gasteiger partial charge in [-0.25, -0.2) is 4.99 Å². The highest BCUT2D eigenvalue weighted by molar-refractivity contribution is 5.76. The van der Waals surface area contributed by atoms with Gasteiger partial charge in [0.15, 0.2) is 5.54 Å². The lowest BCUT2D eigenvalue weighted by Gasteiger charge is -2.26. The number of pyridine rings is 1. The van der Waals surface area contributed by atoms with E-state index in [9.17, 15) is 8.78 Å². The van der Waals surface area contributed by atoms with Crippen LogP contribution in [0.4, 0.5) is 8.78 Å². The zero-order chi connectivity index (χ0) is 22.0. The van der Waals surface area contributed by atoms with E-state index < -0.39 is 12.2 Å². The Morgan fingerprint density at radius 1 is 1.06 bits per heavy atom. The number of aryl methyl sites for hydroxylation is 1. The molecule has 0 aliphatic carbocycles. The van der Waals surface area contributed by atoms with Crippen molar-refractivity contribution < 1.29 is 23.0 Å². The van der Waals surface area contributed by atoms with Gasteiger partial charge in [-0.15, -0.1) is 0 Å². The minimum atomic E-state index is -2.89. The number of nitrogens with two attached hydrogens (primary N) is 1. The van der Waals surface area contributed by atoms with Crippen molar-refractivity contribution in [3.63, 3.8) is 0 Å². The van der Waals surface area contributed by atoms with Gasteiger partial charge in [0, 0.05) is 11.8 Å². The Balaban J connectivity index is 1.80. The van der Waals surface area contributed by atoms with Gasteiger partial charge in [0.2, 0.25) is 0 Å². The topological polar surface area (TPSA) is 79.0 Å². The number of hydrogen-bond acceptors (Lipinski definition) is 6. The molecule has 1 atom stereocenters. The molecule has 0 saturated carbocycles. The molecule has 3 aromatic rings. The third-order valence-corrected chi connectivity index (χ3v) is 5.22. The van der Waals surface area contributed by atoms with Crippen LogP contribution in [0.15, 0.2) is 65.9 Å². The summed E-state index contributed by atoms with van der Waals surface area (Å²) < 4.78 is 40.7. The second-order valence-electron chi connectivity index (χ2n) is 7.15. The van der Waals surface area contributed by atoms with Crippen molar-refractivity contribution in [1.82, 2.24) is 4.98 Å². The van der Waals surface area contributed by atoms with Gasteiger partial charge in [0.1, 0.15) is 18.1 Å². The summed E-state index contributed by atoms with van der Waals surface area (Å²) >= 11 is 0. The highest BCUT2D eigenvalue weighted by Crippen LogP contribution is 2.40. The maximum atomic E-state index is 12.7. The quantitative estimate of drug-likeness (QED) is 0.639. The average molecular weight is 425 g/mol. The molecule has 31 heavy (non-hydrogen) atoms. The number of ether oxygens (including phenoxy) is 3. The van der Waals surface area contributed by atoms with E-state index in [1.807, 2.05) is 30.3 Å². The molecule has 1 aliphatic heterocycles. The standard InChI is InChI=1S/C23H21F2N3O3/c1-14-8-18(6-7-20(14)31-21(24)25)23(13-30-22(26)28-23)17-5-3-4-15(9-17)16-10-19(29-2)12-27-11-16/h3-12,21H,13H2,1-2H3,(H2,26,28). The van der Waals surface area contributed by atoms with Crippen LogP contribution in [0.3, 0.4) is 0 Å². The summed E-state index contributed by atoms with van der Waals surface area (Å²) in [5.41, 5.74) is 8.92. The van der Waals surface area contributed by atoms with E-state index in [-0.39, 0.29) is 18.4 Å². The van der Waals surface area contributed by atoms with Crippen molar-refractivity contribution in [2.45, 2.75) is 19.1 Å². The first-order valence-electron chi connectivity index (χ1n) is 9.55. The van der Waals surface area contributed by atoms with Crippen LogP contribution in [0.5, 0.6) is 11.5 Å². The Morgan fingerprint density at radius 3 is 2.55 bits per heavy atom. The molecule has 6 nitrogen and oxygen atoms in total.